The van der Waals surface area contributed by atoms with E-state index in [2.05, 4.69) is 24.0 Å². The van der Waals surface area contributed by atoms with Crippen LogP contribution in [0.1, 0.15) is 11.6 Å². The first-order valence-electron chi connectivity index (χ1n) is 4.49. The summed E-state index contributed by atoms with van der Waals surface area (Å²) in [5.41, 5.74) is 6.64. The van der Waals surface area contributed by atoms with Gasteiger partial charge < -0.3 is 11.1 Å². The lowest BCUT2D eigenvalue weighted by Gasteiger charge is -2.13. The van der Waals surface area contributed by atoms with E-state index in [4.69, 9.17) is 5.73 Å². The van der Waals surface area contributed by atoms with E-state index in [9.17, 15) is 0 Å². The molecular weight excluding hydrogens is 160 g/mol. The quantitative estimate of drug-likeness (QED) is 0.667. The zero-order chi connectivity index (χ0) is 9.52. The molecule has 1 unspecified atom stereocenters. The van der Waals surface area contributed by atoms with Crippen LogP contribution in [0.2, 0.25) is 0 Å². The van der Waals surface area contributed by atoms with Gasteiger partial charge in [0.05, 0.1) is 6.04 Å². The summed E-state index contributed by atoms with van der Waals surface area (Å²) in [6.07, 6.45) is 1.89. The molecule has 1 atom stereocenters. The molecule has 0 saturated carbocycles. The Morgan fingerprint density at radius 3 is 2.62 bits per heavy atom. The van der Waals surface area contributed by atoms with Crippen molar-refractivity contribution in [3.05, 3.63) is 48.6 Å². The van der Waals surface area contributed by atoms with Crippen LogP contribution >= 0.6 is 0 Å². The molecule has 0 heterocycles. The molecule has 0 radical (unpaired) electrons. The average Bonchev–Trinajstić information content (AvgIpc) is 2.21. The Morgan fingerprint density at radius 2 is 2.08 bits per heavy atom. The molecule has 0 aliphatic carbocycles. The lowest BCUT2D eigenvalue weighted by Crippen LogP contribution is -2.25. The van der Waals surface area contributed by atoms with Gasteiger partial charge in [0.1, 0.15) is 0 Å². The highest BCUT2D eigenvalue weighted by Gasteiger charge is 2.03. The van der Waals surface area contributed by atoms with E-state index in [1.807, 2.05) is 24.3 Å². The lowest BCUT2D eigenvalue weighted by molar-refractivity contribution is 0.628. The second-order valence-corrected chi connectivity index (χ2v) is 2.87. The third-order valence-corrected chi connectivity index (χ3v) is 1.90. The van der Waals surface area contributed by atoms with Gasteiger partial charge in [0.25, 0.3) is 0 Å². The first kappa shape index (κ1) is 9.96. The number of nitrogens with one attached hydrogen (secondary N) is 1. The van der Waals surface area contributed by atoms with Gasteiger partial charge in [-0.15, -0.1) is 6.58 Å². The third-order valence-electron chi connectivity index (χ3n) is 1.90. The monoisotopic (exact) mass is 176 g/mol. The lowest BCUT2D eigenvalue weighted by atomic mass is 10.1. The van der Waals surface area contributed by atoms with Crippen LogP contribution in [0, 0.1) is 0 Å². The first-order valence-corrected chi connectivity index (χ1v) is 4.49. The third kappa shape index (κ3) is 3.01. The maximum atomic E-state index is 5.41. The molecule has 0 saturated heterocycles. The Balaban J connectivity index is 2.61. The maximum absolute atomic E-state index is 5.41. The van der Waals surface area contributed by atoms with Crippen molar-refractivity contribution < 1.29 is 0 Å². The molecule has 1 aromatic rings. The fourth-order valence-corrected chi connectivity index (χ4v) is 1.24. The molecule has 2 nitrogen and oxygen atoms in total. The van der Waals surface area contributed by atoms with E-state index in [0.29, 0.717) is 6.54 Å². The van der Waals surface area contributed by atoms with Crippen molar-refractivity contribution in [1.29, 1.82) is 0 Å². The van der Waals surface area contributed by atoms with E-state index in [1.54, 1.807) is 0 Å². The molecule has 0 aliphatic heterocycles. The molecule has 0 aliphatic rings. The van der Waals surface area contributed by atoms with Crippen LogP contribution in [-0.4, -0.2) is 13.1 Å². The standard InChI is InChI=1S/C11H16N2/c1-2-11(13-9-8-12)10-6-4-3-5-7-10/h2-7,11,13H,1,8-9,12H2. The van der Waals surface area contributed by atoms with Crippen molar-refractivity contribution >= 4 is 0 Å². The van der Waals surface area contributed by atoms with Crippen molar-refractivity contribution in [2.45, 2.75) is 6.04 Å². The number of benzene rings is 1. The molecule has 2 heteroatoms. The predicted molar refractivity (Wildman–Crippen MR) is 56.4 cm³/mol. The molecule has 0 fully saturated rings. The minimum atomic E-state index is 0.213. The molecule has 1 rings (SSSR count). The van der Waals surface area contributed by atoms with Gasteiger partial charge >= 0.3 is 0 Å². The maximum Gasteiger partial charge on any atom is 0.0504 e. The van der Waals surface area contributed by atoms with E-state index in [0.717, 1.165) is 6.54 Å². The summed E-state index contributed by atoms with van der Waals surface area (Å²) < 4.78 is 0. The Bertz CT molecular complexity index is 244. The van der Waals surface area contributed by atoms with Crippen molar-refractivity contribution in [3.63, 3.8) is 0 Å². The van der Waals surface area contributed by atoms with Crippen molar-refractivity contribution in [1.82, 2.24) is 5.32 Å². The zero-order valence-electron chi connectivity index (χ0n) is 7.74. The molecule has 0 spiro atoms. The Morgan fingerprint density at radius 1 is 1.38 bits per heavy atom. The first-order chi connectivity index (χ1) is 6.38. The van der Waals surface area contributed by atoms with Crippen LogP contribution in [0.15, 0.2) is 43.0 Å². The van der Waals surface area contributed by atoms with Gasteiger partial charge in [-0.05, 0) is 5.56 Å². The molecular formula is C11H16N2. The molecule has 13 heavy (non-hydrogen) atoms. The van der Waals surface area contributed by atoms with Gasteiger partial charge in [0.2, 0.25) is 0 Å². The summed E-state index contributed by atoms with van der Waals surface area (Å²) >= 11 is 0. The van der Waals surface area contributed by atoms with Crippen molar-refractivity contribution in [2.75, 3.05) is 13.1 Å². The topological polar surface area (TPSA) is 38.0 Å². The Kier molecular flexibility index (Phi) is 4.23. The van der Waals surface area contributed by atoms with Gasteiger partial charge in [0.15, 0.2) is 0 Å². The molecule has 0 amide bonds. The van der Waals surface area contributed by atoms with E-state index in [1.165, 1.54) is 5.56 Å². The zero-order valence-corrected chi connectivity index (χ0v) is 7.74. The summed E-state index contributed by atoms with van der Waals surface area (Å²) in [4.78, 5) is 0. The summed E-state index contributed by atoms with van der Waals surface area (Å²) in [5.74, 6) is 0. The van der Waals surface area contributed by atoms with Gasteiger partial charge in [0, 0.05) is 13.1 Å². The van der Waals surface area contributed by atoms with Gasteiger partial charge in [-0.1, -0.05) is 36.4 Å². The molecule has 70 valence electrons. The minimum Gasteiger partial charge on any atom is -0.329 e. The highest BCUT2D eigenvalue weighted by Crippen LogP contribution is 2.12. The fourth-order valence-electron chi connectivity index (χ4n) is 1.24. The van der Waals surface area contributed by atoms with Crippen LogP contribution in [0.3, 0.4) is 0 Å². The molecule has 3 N–H and O–H groups in total. The number of rotatable bonds is 5. The minimum absolute atomic E-state index is 0.213. The second-order valence-electron chi connectivity index (χ2n) is 2.87. The predicted octanol–water partition coefficient (Wildman–Crippen LogP) is 1.46. The summed E-state index contributed by atoms with van der Waals surface area (Å²) in [6.45, 7) is 5.25. The highest BCUT2D eigenvalue weighted by molar-refractivity contribution is 5.22. The van der Waals surface area contributed by atoms with E-state index >= 15 is 0 Å². The van der Waals surface area contributed by atoms with Crippen LogP contribution in [0.5, 0.6) is 0 Å². The average molecular weight is 176 g/mol. The number of hydrogen-bond acceptors (Lipinski definition) is 2. The van der Waals surface area contributed by atoms with Gasteiger partial charge in [-0.3, -0.25) is 0 Å². The highest BCUT2D eigenvalue weighted by atomic mass is 14.9. The van der Waals surface area contributed by atoms with Gasteiger partial charge in [-0.2, -0.15) is 0 Å². The molecule has 0 aromatic heterocycles. The van der Waals surface area contributed by atoms with E-state index < -0.39 is 0 Å². The fraction of sp³-hybridized carbons (Fsp3) is 0.273. The van der Waals surface area contributed by atoms with Crippen molar-refractivity contribution in [2.24, 2.45) is 5.73 Å². The Hall–Kier alpha value is -1.12. The van der Waals surface area contributed by atoms with Crippen LogP contribution in [0.25, 0.3) is 0 Å². The largest absolute Gasteiger partial charge is 0.329 e. The van der Waals surface area contributed by atoms with Gasteiger partial charge in [-0.25, -0.2) is 0 Å². The SMILES string of the molecule is C=CC(NCCN)c1ccccc1. The van der Waals surface area contributed by atoms with Crippen molar-refractivity contribution in [3.8, 4) is 0 Å². The smallest absolute Gasteiger partial charge is 0.0504 e. The normalized spacial score (nSPS) is 12.4. The number of nitrogens with two attached hydrogens (primary N) is 1. The summed E-state index contributed by atoms with van der Waals surface area (Å²) in [5, 5.41) is 3.29. The molecule has 0 bridgehead atoms. The second kappa shape index (κ2) is 5.51. The summed E-state index contributed by atoms with van der Waals surface area (Å²) in [7, 11) is 0. The molecule has 1 aromatic carbocycles. The van der Waals surface area contributed by atoms with Crippen LogP contribution in [-0.2, 0) is 0 Å². The Labute approximate surface area is 79.5 Å². The summed E-state index contributed by atoms with van der Waals surface area (Å²) in [6, 6.07) is 10.4. The van der Waals surface area contributed by atoms with E-state index in [-0.39, 0.29) is 6.04 Å². The van der Waals surface area contributed by atoms with Crippen LogP contribution in [0.4, 0.5) is 0 Å². The van der Waals surface area contributed by atoms with Crippen LogP contribution < -0.4 is 11.1 Å². The number of hydrogen-bond donors (Lipinski definition) is 2.